The van der Waals surface area contributed by atoms with E-state index in [0.717, 1.165) is 12.8 Å². The van der Waals surface area contributed by atoms with Gasteiger partial charge in [0.1, 0.15) is 5.60 Å². The Bertz CT molecular complexity index is 443. The molecule has 0 aliphatic carbocycles. The molecule has 1 aromatic heterocycles. The molecule has 0 saturated carbocycles. The molecule has 2 unspecified atom stereocenters. The standard InChI is InChI=1S/C15H28N4O2/c1-5-6-7-8-12(2)18-14(20)16-11-15(3,21)13-9-17-19(4)10-13/h9-10,12,21H,5-8,11H2,1-4H3,(H2,16,18,20). The number of rotatable bonds is 8. The van der Waals surface area contributed by atoms with Gasteiger partial charge >= 0.3 is 6.03 Å². The van der Waals surface area contributed by atoms with Crippen LogP contribution >= 0.6 is 0 Å². The molecule has 0 spiro atoms. The van der Waals surface area contributed by atoms with Crippen LogP contribution in [0.5, 0.6) is 0 Å². The van der Waals surface area contributed by atoms with Crippen molar-refractivity contribution < 1.29 is 9.90 Å². The molecule has 0 aliphatic heterocycles. The summed E-state index contributed by atoms with van der Waals surface area (Å²) in [6.07, 6.45) is 7.79. The van der Waals surface area contributed by atoms with Gasteiger partial charge in [-0.15, -0.1) is 0 Å². The number of aryl methyl sites for hydroxylation is 1. The summed E-state index contributed by atoms with van der Waals surface area (Å²) < 4.78 is 1.62. The second-order valence-electron chi connectivity index (χ2n) is 5.90. The number of hydrogen-bond donors (Lipinski definition) is 3. The molecule has 0 aromatic carbocycles. The maximum atomic E-state index is 11.8. The van der Waals surface area contributed by atoms with E-state index in [2.05, 4.69) is 22.7 Å². The van der Waals surface area contributed by atoms with E-state index in [-0.39, 0.29) is 18.6 Å². The quantitative estimate of drug-likeness (QED) is 0.641. The average Bonchev–Trinajstić information content (AvgIpc) is 2.84. The maximum Gasteiger partial charge on any atom is 0.315 e. The van der Waals surface area contributed by atoms with Gasteiger partial charge in [0.2, 0.25) is 0 Å². The molecule has 6 heteroatoms. The largest absolute Gasteiger partial charge is 0.383 e. The van der Waals surface area contributed by atoms with Gasteiger partial charge in [0.25, 0.3) is 0 Å². The fraction of sp³-hybridized carbons (Fsp3) is 0.733. The maximum absolute atomic E-state index is 11.8. The zero-order valence-corrected chi connectivity index (χ0v) is 13.5. The van der Waals surface area contributed by atoms with E-state index in [4.69, 9.17) is 0 Å². The van der Waals surface area contributed by atoms with Crippen molar-refractivity contribution in [2.24, 2.45) is 7.05 Å². The molecule has 0 fully saturated rings. The number of urea groups is 1. The number of aliphatic hydroxyl groups is 1. The third-order valence-corrected chi connectivity index (χ3v) is 3.54. The van der Waals surface area contributed by atoms with E-state index >= 15 is 0 Å². The summed E-state index contributed by atoms with van der Waals surface area (Å²) in [6, 6.07) is -0.108. The highest BCUT2D eigenvalue weighted by Crippen LogP contribution is 2.18. The minimum atomic E-state index is -1.13. The summed E-state index contributed by atoms with van der Waals surface area (Å²) in [5, 5.41) is 20.0. The zero-order valence-electron chi connectivity index (χ0n) is 13.5. The van der Waals surface area contributed by atoms with Crippen LogP contribution in [0, 0.1) is 0 Å². The third-order valence-electron chi connectivity index (χ3n) is 3.54. The molecular formula is C15H28N4O2. The second-order valence-corrected chi connectivity index (χ2v) is 5.90. The highest BCUT2D eigenvalue weighted by molar-refractivity contribution is 5.74. The molecule has 3 N–H and O–H groups in total. The molecule has 120 valence electrons. The van der Waals surface area contributed by atoms with Crippen LogP contribution in [-0.2, 0) is 12.6 Å². The number of amides is 2. The molecular weight excluding hydrogens is 268 g/mol. The Morgan fingerprint density at radius 3 is 2.81 bits per heavy atom. The van der Waals surface area contributed by atoms with Crippen molar-refractivity contribution in [2.45, 2.75) is 58.1 Å². The number of aromatic nitrogens is 2. The Hall–Kier alpha value is -1.56. The van der Waals surface area contributed by atoms with E-state index in [0.29, 0.717) is 5.56 Å². The Kier molecular flexibility index (Phi) is 6.68. The molecule has 0 saturated heterocycles. The van der Waals surface area contributed by atoms with Gasteiger partial charge in [-0.25, -0.2) is 4.79 Å². The van der Waals surface area contributed by atoms with Crippen molar-refractivity contribution >= 4 is 6.03 Å². The lowest BCUT2D eigenvalue weighted by Gasteiger charge is -2.23. The Labute approximate surface area is 126 Å². The first-order chi connectivity index (χ1) is 9.85. The molecule has 1 rings (SSSR count). The van der Waals surface area contributed by atoms with Crippen LogP contribution in [0.4, 0.5) is 4.79 Å². The highest BCUT2D eigenvalue weighted by Gasteiger charge is 2.25. The van der Waals surface area contributed by atoms with Crippen molar-refractivity contribution in [1.82, 2.24) is 20.4 Å². The van der Waals surface area contributed by atoms with Gasteiger partial charge in [0.15, 0.2) is 0 Å². The molecule has 0 bridgehead atoms. The topological polar surface area (TPSA) is 79.2 Å². The van der Waals surface area contributed by atoms with Gasteiger partial charge < -0.3 is 15.7 Å². The van der Waals surface area contributed by atoms with Crippen LogP contribution in [0.2, 0.25) is 0 Å². The Morgan fingerprint density at radius 2 is 2.24 bits per heavy atom. The summed E-state index contributed by atoms with van der Waals surface area (Å²) in [4.78, 5) is 11.8. The SMILES string of the molecule is CCCCCC(C)NC(=O)NCC(C)(O)c1cnn(C)c1. The van der Waals surface area contributed by atoms with Crippen molar-refractivity contribution in [1.29, 1.82) is 0 Å². The average molecular weight is 296 g/mol. The van der Waals surface area contributed by atoms with Gasteiger partial charge in [-0.3, -0.25) is 4.68 Å². The molecule has 1 aromatic rings. The fourth-order valence-corrected chi connectivity index (χ4v) is 2.10. The van der Waals surface area contributed by atoms with Crippen LogP contribution < -0.4 is 10.6 Å². The molecule has 2 amide bonds. The number of carbonyl (C=O) groups excluding carboxylic acids is 1. The first-order valence-electron chi connectivity index (χ1n) is 7.61. The number of hydrogen-bond acceptors (Lipinski definition) is 3. The monoisotopic (exact) mass is 296 g/mol. The summed E-state index contributed by atoms with van der Waals surface area (Å²) >= 11 is 0. The normalized spacial score (nSPS) is 15.3. The van der Waals surface area contributed by atoms with Crippen LogP contribution in [0.25, 0.3) is 0 Å². The second kappa shape index (κ2) is 8.02. The van der Waals surface area contributed by atoms with Crippen LogP contribution in [0.3, 0.4) is 0 Å². The van der Waals surface area contributed by atoms with Crippen LogP contribution in [-0.4, -0.2) is 33.5 Å². The van der Waals surface area contributed by atoms with Crippen molar-refractivity contribution in [2.75, 3.05) is 6.54 Å². The Balaban J connectivity index is 2.35. The van der Waals surface area contributed by atoms with Gasteiger partial charge in [0.05, 0.1) is 12.7 Å². The number of nitrogens with one attached hydrogen (secondary N) is 2. The number of unbranched alkanes of at least 4 members (excludes halogenated alkanes) is 2. The van der Waals surface area contributed by atoms with E-state index in [1.54, 1.807) is 31.0 Å². The van der Waals surface area contributed by atoms with Crippen molar-refractivity contribution in [3.8, 4) is 0 Å². The summed E-state index contributed by atoms with van der Waals surface area (Å²) in [5.41, 5.74) is -0.446. The number of nitrogens with zero attached hydrogens (tertiary/aromatic N) is 2. The lowest BCUT2D eigenvalue weighted by atomic mass is 10.00. The lowest BCUT2D eigenvalue weighted by Crippen LogP contribution is -2.46. The fourth-order valence-electron chi connectivity index (χ4n) is 2.10. The molecule has 1 heterocycles. The molecule has 6 nitrogen and oxygen atoms in total. The highest BCUT2D eigenvalue weighted by atomic mass is 16.3. The van der Waals surface area contributed by atoms with E-state index in [1.165, 1.54) is 12.8 Å². The van der Waals surface area contributed by atoms with Gasteiger partial charge in [0, 0.05) is 24.8 Å². The number of carbonyl (C=O) groups is 1. The smallest absolute Gasteiger partial charge is 0.315 e. The minimum absolute atomic E-state index is 0.139. The van der Waals surface area contributed by atoms with Crippen LogP contribution in [0.1, 0.15) is 52.0 Å². The third kappa shape index (κ3) is 6.16. The summed E-state index contributed by atoms with van der Waals surface area (Å²) in [6.45, 7) is 5.96. The first kappa shape index (κ1) is 17.5. The van der Waals surface area contributed by atoms with Crippen molar-refractivity contribution in [3.63, 3.8) is 0 Å². The van der Waals surface area contributed by atoms with Gasteiger partial charge in [-0.1, -0.05) is 26.2 Å². The molecule has 0 radical (unpaired) electrons. The predicted octanol–water partition coefficient (Wildman–Crippen LogP) is 1.90. The van der Waals surface area contributed by atoms with E-state index < -0.39 is 5.60 Å². The summed E-state index contributed by atoms with van der Waals surface area (Å²) in [5.74, 6) is 0. The predicted molar refractivity (Wildman–Crippen MR) is 82.9 cm³/mol. The van der Waals surface area contributed by atoms with E-state index in [9.17, 15) is 9.90 Å². The van der Waals surface area contributed by atoms with Gasteiger partial charge in [-0.2, -0.15) is 5.10 Å². The molecule has 2 atom stereocenters. The first-order valence-corrected chi connectivity index (χ1v) is 7.61. The van der Waals surface area contributed by atoms with E-state index in [1.807, 2.05) is 6.92 Å². The zero-order chi connectivity index (χ0) is 15.9. The lowest BCUT2D eigenvalue weighted by molar-refractivity contribution is 0.0592. The van der Waals surface area contributed by atoms with Crippen molar-refractivity contribution in [3.05, 3.63) is 18.0 Å². The van der Waals surface area contributed by atoms with Gasteiger partial charge in [-0.05, 0) is 20.3 Å². The molecule has 21 heavy (non-hydrogen) atoms. The summed E-state index contributed by atoms with van der Waals surface area (Å²) in [7, 11) is 1.79. The van der Waals surface area contributed by atoms with Crippen LogP contribution in [0.15, 0.2) is 12.4 Å². The Morgan fingerprint density at radius 1 is 1.52 bits per heavy atom. The molecule has 0 aliphatic rings. The minimum Gasteiger partial charge on any atom is -0.383 e.